The van der Waals surface area contributed by atoms with Crippen molar-refractivity contribution < 1.29 is 61.2 Å². The molecule has 4 heterocycles. The molecule has 0 atom stereocenters. The number of aromatic nitrogens is 2. The number of hydrogen-bond donors (Lipinski definition) is 4. The third kappa shape index (κ3) is 14.4. The zero-order valence-electron chi connectivity index (χ0n) is 45.5. The number of nitrogens with one attached hydrogen (secondary N) is 2. The Hall–Kier alpha value is -7.48. The molecule has 0 spiro atoms. The molecule has 420 valence electrons. The summed E-state index contributed by atoms with van der Waals surface area (Å²) in [5, 5.41) is 19.8. The summed E-state index contributed by atoms with van der Waals surface area (Å²) in [4.78, 5) is 66.3. The highest BCUT2D eigenvalue weighted by molar-refractivity contribution is 6.19. The number of carbonyl (C=O) groups excluding carboxylic acids is 4. The summed E-state index contributed by atoms with van der Waals surface area (Å²) in [7, 11) is 7.80. The second-order valence-electron chi connectivity index (χ2n) is 21.3. The Balaban J connectivity index is 0.000000259. The van der Waals surface area contributed by atoms with Crippen molar-refractivity contribution in [2.24, 2.45) is 0 Å². The van der Waals surface area contributed by atoms with Crippen LogP contribution in [0.2, 0.25) is 0 Å². The van der Waals surface area contributed by atoms with Crippen molar-refractivity contribution >= 4 is 56.7 Å². The topological polar surface area (TPSA) is 181 Å². The lowest BCUT2D eigenvalue weighted by atomic mass is 9.81. The number of fused-ring (bicyclic) bond motifs is 6. The Bertz CT molecular complexity index is 3230. The number of carbonyl (C=O) groups is 4. The molecule has 2 aliphatic heterocycles. The number of halogens is 4. The van der Waals surface area contributed by atoms with Crippen LogP contribution in [0.3, 0.4) is 0 Å². The standard InChI is InChI=1S/C29H33F2N3O4.C25H24F2N2O4.C4H11NO.CH4/c1-17(2)38-28(36)21-15-34(27(35)18-7-10-22(30)23(31)13-18)16-29(3,4)25-20-9-8-19(37-12-11-33(5)6)14-24(20)32-26(21)25;1-13(2)33-24(32)17-11-29(23(31)14-5-8-18(26)19(27)9-14)12-25(3,4)21-16-7-6-15(30)10-20(16)28-22(17)21;1-5(2)3-4-6;/h7-10,13-15,17,32H,11-12,16H2,1-6H3;5-11,13,28,30H,12H2,1-4H3;6H,3-4H2,1-2H3;1H4. The van der Waals surface area contributed by atoms with Crippen molar-refractivity contribution in [3.05, 3.63) is 142 Å². The van der Waals surface area contributed by atoms with Gasteiger partial charge in [-0.1, -0.05) is 35.1 Å². The predicted octanol–water partition coefficient (Wildman–Crippen LogP) is 10.2. The first kappa shape index (κ1) is 61.4. The molecule has 2 amide bonds. The first-order chi connectivity index (χ1) is 36.1. The molecule has 19 heteroatoms. The molecule has 0 saturated carbocycles. The van der Waals surface area contributed by atoms with Crippen LogP contribution in [-0.2, 0) is 29.9 Å². The van der Waals surface area contributed by atoms with Crippen LogP contribution >= 0.6 is 0 Å². The van der Waals surface area contributed by atoms with Gasteiger partial charge in [-0.25, -0.2) is 27.2 Å². The third-order valence-corrected chi connectivity index (χ3v) is 12.5. The molecule has 0 radical (unpaired) electrons. The number of aromatic hydroxyl groups is 1. The molecule has 15 nitrogen and oxygen atoms in total. The number of rotatable bonds is 12. The zero-order chi connectivity index (χ0) is 56.8. The summed E-state index contributed by atoms with van der Waals surface area (Å²) < 4.78 is 71.5. The van der Waals surface area contributed by atoms with E-state index in [4.69, 9.17) is 19.3 Å². The van der Waals surface area contributed by atoms with Gasteiger partial charge in [0.1, 0.15) is 18.1 Å². The number of hydrogen-bond acceptors (Lipinski definition) is 11. The largest absolute Gasteiger partial charge is 0.508 e. The van der Waals surface area contributed by atoms with Gasteiger partial charge in [0, 0.05) is 94.5 Å². The zero-order valence-corrected chi connectivity index (χ0v) is 45.5. The highest BCUT2D eigenvalue weighted by atomic mass is 19.2. The van der Waals surface area contributed by atoms with Gasteiger partial charge in [0.05, 0.1) is 41.3 Å². The monoisotopic (exact) mass is 1080 g/mol. The molecule has 6 aromatic rings. The number of benzene rings is 4. The van der Waals surface area contributed by atoms with Crippen LogP contribution in [0.1, 0.15) is 106 Å². The summed E-state index contributed by atoms with van der Waals surface area (Å²) in [6, 6.07) is 16.5. The summed E-state index contributed by atoms with van der Waals surface area (Å²) in [6.45, 7) is 17.3. The lowest BCUT2D eigenvalue weighted by Crippen LogP contribution is -2.37. The number of aliphatic hydroxyl groups excluding tert-OH is 1. The van der Waals surface area contributed by atoms with Crippen LogP contribution in [0.25, 0.3) is 33.0 Å². The first-order valence-electron chi connectivity index (χ1n) is 25.0. The van der Waals surface area contributed by atoms with E-state index in [2.05, 4.69) is 9.97 Å². The van der Waals surface area contributed by atoms with E-state index in [0.29, 0.717) is 29.3 Å². The Morgan fingerprint density at radius 3 is 1.42 bits per heavy atom. The molecule has 4 N–H and O–H groups in total. The summed E-state index contributed by atoms with van der Waals surface area (Å²) in [6.07, 6.45) is 2.03. The smallest absolute Gasteiger partial charge is 0.342 e. The molecule has 0 bridgehead atoms. The van der Waals surface area contributed by atoms with Crippen LogP contribution in [0, 0.1) is 23.3 Å². The molecule has 8 rings (SSSR count). The van der Waals surface area contributed by atoms with E-state index in [1.807, 2.05) is 83.9 Å². The minimum absolute atomic E-state index is 0. The Morgan fingerprint density at radius 2 is 1.04 bits per heavy atom. The van der Waals surface area contributed by atoms with Crippen LogP contribution in [0.4, 0.5) is 17.6 Å². The van der Waals surface area contributed by atoms with E-state index in [0.717, 1.165) is 64.8 Å². The van der Waals surface area contributed by atoms with Gasteiger partial charge < -0.3 is 54.0 Å². The molecule has 0 fully saturated rings. The molecule has 4 aromatic carbocycles. The summed E-state index contributed by atoms with van der Waals surface area (Å²) in [5.74, 6) is -5.95. The number of esters is 2. The maximum Gasteiger partial charge on any atom is 0.342 e. The number of amides is 2. The number of aromatic amines is 2. The third-order valence-electron chi connectivity index (χ3n) is 12.5. The average Bonchev–Trinajstić information content (AvgIpc) is 4.05. The fourth-order valence-electron chi connectivity index (χ4n) is 9.07. The summed E-state index contributed by atoms with van der Waals surface area (Å²) >= 11 is 0. The number of phenols is 1. The fourth-order valence-corrected chi connectivity index (χ4v) is 9.07. The minimum atomic E-state index is -1.13. The van der Waals surface area contributed by atoms with Gasteiger partial charge in [-0.15, -0.1) is 0 Å². The van der Waals surface area contributed by atoms with Gasteiger partial charge in [0.25, 0.3) is 11.8 Å². The van der Waals surface area contributed by atoms with E-state index in [1.165, 1.54) is 34.3 Å². The number of aliphatic hydroxyl groups is 1. The molecule has 0 saturated heterocycles. The highest BCUT2D eigenvalue weighted by Gasteiger charge is 2.40. The molecule has 2 aliphatic rings. The lowest BCUT2D eigenvalue weighted by molar-refractivity contribution is -0.141. The van der Waals surface area contributed by atoms with E-state index in [1.54, 1.807) is 45.9 Å². The normalized spacial score (nSPS) is 14.5. The Labute approximate surface area is 453 Å². The van der Waals surface area contributed by atoms with Crippen molar-refractivity contribution in [1.82, 2.24) is 29.6 Å². The molecule has 2 aromatic heterocycles. The van der Waals surface area contributed by atoms with Gasteiger partial charge >= 0.3 is 11.9 Å². The number of ether oxygens (including phenoxy) is 3. The van der Waals surface area contributed by atoms with Crippen molar-refractivity contribution in [3.63, 3.8) is 0 Å². The van der Waals surface area contributed by atoms with Crippen LogP contribution in [0.15, 0.2) is 85.2 Å². The second-order valence-corrected chi connectivity index (χ2v) is 21.3. The SMILES string of the molecule is C.CC(C)OC(=O)C1=CN(C(=O)c2ccc(F)c(F)c2)CC(C)(C)c2c1[nH]c1cc(O)ccc21.CC(C)OC(=O)C1=CN(C(=O)c2ccc(F)c(F)c2)CC(C)(C)c2c1[nH]c1cc(OCCN(C)C)ccc21.CN(C)CCO. The van der Waals surface area contributed by atoms with Gasteiger partial charge in [-0.3, -0.25) is 9.59 Å². The van der Waals surface area contributed by atoms with Crippen LogP contribution in [0.5, 0.6) is 11.5 Å². The fraction of sp³-hybridized carbons (Fsp3) is 0.390. The first-order valence-corrected chi connectivity index (χ1v) is 25.0. The van der Waals surface area contributed by atoms with Crippen molar-refractivity contribution in [2.45, 2.75) is 85.9 Å². The van der Waals surface area contributed by atoms with Gasteiger partial charge in [0.2, 0.25) is 0 Å². The van der Waals surface area contributed by atoms with E-state index in [-0.39, 0.29) is 61.2 Å². The summed E-state index contributed by atoms with van der Waals surface area (Å²) in [5.41, 5.74) is 3.00. The van der Waals surface area contributed by atoms with Crippen LogP contribution < -0.4 is 4.74 Å². The predicted molar refractivity (Wildman–Crippen MR) is 294 cm³/mol. The molecule has 0 aliphatic carbocycles. The molecule has 0 unspecified atom stereocenters. The minimum Gasteiger partial charge on any atom is -0.508 e. The quantitative estimate of drug-likeness (QED) is 0.0677. The molecule has 78 heavy (non-hydrogen) atoms. The molecular weight excluding hydrogens is 1010 g/mol. The van der Waals surface area contributed by atoms with Gasteiger partial charge in [-0.05, 0) is 128 Å². The number of likely N-dealkylation sites (N-methyl/N-ethyl adjacent to an activating group) is 2. The number of H-pyrrole nitrogens is 2. The molecular formula is C59H72F4N6O9. The van der Waals surface area contributed by atoms with Gasteiger partial charge in [-0.2, -0.15) is 0 Å². The van der Waals surface area contributed by atoms with E-state index >= 15 is 0 Å². The van der Waals surface area contributed by atoms with E-state index < -0.39 is 64.0 Å². The number of phenolic OH excluding ortho intramolecular Hbond substituents is 1. The van der Waals surface area contributed by atoms with Gasteiger partial charge in [0.15, 0.2) is 23.3 Å². The van der Waals surface area contributed by atoms with Crippen molar-refractivity contribution in [2.75, 3.05) is 67.6 Å². The number of nitrogens with zero attached hydrogens (tertiary/aromatic N) is 4. The van der Waals surface area contributed by atoms with Crippen molar-refractivity contribution in [1.29, 1.82) is 0 Å². The highest BCUT2D eigenvalue weighted by Crippen LogP contribution is 2.43. The lowest BCUT2D eigenvalue weighted by Gasteiger charge is -2.29. The average molecular weight is 1090 g/mol. The van der Waals surface area contributed by atoms with Crippen LogP contribution in [-0.4, -0.2) is 143 Å². The maximum atomic E-state index is 13.9. The second kappa shape index (κ2) is 25.3. The van der Waals surface area contributed by atoms with Crippen molar-refractivity contribution in [3.8, 4) is 11.5 Å². The Kier molecular flexibility index (Phi) is 19.9. The Morgan fingerprint density at radius 1 is 0.615 bits per heavy atom. The maximum absolute atomic E-state index is 13.9. The van der Waals surface area contributed by atoms with E-state index in [9.17, 15) is 41.8 Å².